The SMILES string of the molecule is Cn1cc(COc2ccc(C(=O)O)cc2S(N)(=O)=O)nn1. The number of rotatable bonds is 5. The first-order valence-corrected chi connectivity index (χ1v) is 7.20. The minimum atomic E-state index is -4.12. The van der Waals surface area contributed by atoms with Crippen molar-refractivity contribution in [2.75, 3.05) is 0 Å². The van der Waals surface area contributed by atoms with Gasteiger partial charge in [0, 0.05) is 7.05 Å². The average molecular weight is 312 g/mol. The van der Waals surface area contributed by atoms with Crippen LogP contribution < -0.4 is 9.88 Å². The van der Waals surface area contributed by atoms with Gasteiger partial charge in [-0.2, -0.15) is 0 Å². The molecule has 3 N–H and O–H groups in total. The lowest BCUT2D eigenvalue weighted by Crippen LogP contribution is -2.15. The number of aromatic carboxylic acids is 1. The van der Waals surface area contributed by atoms with Gasteiger partial charge in [-0.3, -0.25) is 4.68 Å². The van der Waals surface area contributed by atoms with E-state index in [1.54, 1.807) is 13.2 Å². The number of nitrogens with zero attached hydrogens (tertiary/aromatic N) is 3. The number of nitrogens with two attached hydrogens (primary N) is 1. The molecule has 0 aliphatic rings. The monoisotopic (exact) mass is 312 g/mol. The summed E-state index contributed by atoms with van der Waals surface area (Å²) in [6.07, 6.45) is 1.60. The number of hydrogen-bond donors (Lipinski definition) is 2. The highest BCUT2D eigenvalue weighted by Crippen LogP contribution is 2.25. The van der Waals surface area contributed by atoms with Crippen LogP contribution in [0.5, 0.6) is 5.75 Å². The highest BCUT2D eigenvalue weighted by Gasteiger charge is 2.18. The summed E-state index contributed by atoms with van der Waals surface area (Å²) in [5.74, 6) is -1.31. The summed E-state index contributed by atoms with van der Waals surface area (Å²) in [6.45, 7) is -0.0250. The molecule has 0 bridgehead atoms. The van der Waals surface area contributed by atoms with Gasteiger partial charge in [0.25, 0.3) is 0 Å². The Hall–Kier alpha value is -2.46. The van der Waals surface area contributed by atoms with Crippen LogP contribution in [0.15, 0.2) is 29.3 Å². The molecule has 1 aromatic carbocycles. The lowest BCUT2D eigenvalue weighted by Gasteiger charge is -2.09. The van der Waals surface area contributed by atoms with Crippen molar-refractivity contribution in [3.8, 4) is 5.75 Å². The van der Waals surface area contributed by atoms with E-state index in [0.29, 0.717) is 5.69 Å². The summed E-state index contributed by atoms with van der Waals surface area (Å²) in [7, 11) is -2.44. The molecule has 112 valence electrons. The highest BCUT2D eigenvalue weighted by atomic mass is 32.2. The normalized spacial score (nSPS) is 11.3. The quantitative estimate of drug-likeness (QED) is 0.775. The maximum absolute atomic E-state index is 11.5. The second-order valence-electron chi connectivity index (χ2n) is 4.18. The molecular formula is C11H12N4O5S. The van der Waals surface area contributed by atoms with Crippen molar-refractivity contribution in [3.63, 3.8) is 0 Å². The van der Waals surface area contributed by atoms with Gasteiger partial charge >= 0.3 is 5.97 Å². The number of sulfonamides is 1. The molecule has 0 fully saturated rings. The summed E-state index contributed by atoms with van der Waals surface area (Å²) in [5.41, 5.74) is 0.283. The molecule has 10 heteroatoms. The number of benzene rings is 1. The van der Waals surface area contributed by atoms with Crippen LogP contribution in [0.2, 0.25) is 0 Å². The largest absolute Gasteiger partial charge is 0.486 e. The van der Waals surface area contributed by atoms with Crippen molar-refractivity contribution in [1.29, 1.82) is 0 Å². The lowest BCUT2D eigenvalue weighted by atomic mass is 10.2. The molecule has 0 aliphatic heterocycles. The predicted octanol–water partition coefficient (Wildman–Crippen LogP) is -0.260. The summed E-state index contributed by atoms with van der Waals surface area (Å²) in [6, 6.07) is 3.41. The molecule has 0 unspecified atom stereocenters. The number of primary sulfonamides is 1. The average Bonchev–Trinajstić information content (AvgIpc) is 2.81. The summed E-state index contributed by atoms with van der Waals surface area (Å²) in [5, 5.41) is 21.4. The molecule has 9 nitrogen and oxygen atoms in total. The van der Waals surface area contributed by atoms with E-state index < -0.39 is 20.9 Å². The Bertz CT molecular complexity index is 784. The second kappa shape index (κ2) is 5.50. The van der Waals surface area contributed by atoms with Gasteiger partial charge in [-0.15, -0.1) is 5.10 Å². The number of ether oxygens (including phenoxy) is 1. The standard InChI is InChI=1S/C11H12N4O5S/c1-15-5-8(13-14-15)6-20-9-3-2-7(11(16)17)4-10(9)21(12,18)19/h2-5H,6H2,1H3,(H,16,17)(H2,12,18,19). The maximum Gasteiger partial charge on any atom is 0.335 e. The van der Waals surface area contributed by atoms with Gasteiger partial charge < -0.3 is 9.84 Å². The van der Waals surface area contributed by atoms with E-state index in [2.05, 4.69) is 10.3 Å². The lowest BCUT2D eigenvalue weighted by molar-refractivity contribution is 0.0696. The molecule has 0 atom stereocenters. The first-order chi connectivity index (χ1) is 9.77. The highest BCUT2D eigenvalue weighted by molar-refractivity contribution is 7.89. The summed E-state index contributed by atoms with van der Waals surface area (Å²) >= 11 is 0. The van der Waals surface area contributed by atoms with E-state index in [4.69, 9.17) is 15.0 Å². The van der Waals surface area contributed by atoms with Crippen molar-refractivity contribution in [2.24, 2.45) is 12.2 Å². The van der Waals surface area contributed by atoms with Gasteiger partial charge in [0.15, 0.2) is 0 Å². The molecule has 2 aromatic rings. The van der Waals surface area contributed by atoms with Crippen LogP contribution in [0, 0.1) is 0 Å². The maximum atomic E-state index is 11.5. The molecular weight excluding hydrogens is 300 g/mol. The zero-order valence-corrected chi connectivity index (χ0v) is 11.7. The Morgan fingerprint density at radius 3 is 2.71 bits per heavy atom. The topological polar surface area (TPSA) is 137 Å². The summed E-state index contributed by atoms with van der Waals surface area (Å²) in [4.78, 5) is 10.5. The number of carbonyl (C=O) groups is 1. The number of hydrogen-bond acceptors (Lipinski definition) is 6. The first-order valence-electron chi connectivity index (χ1n) is 5.65. The van der Waals surface area contributed by atoms with Crippen molar-refractivity contribution in [1.82, 2.24) is 15.0 Å². The molecule has 2 rings (SSSR count). The minimum absolute atomic E-state index is 0.0250. The number of carboxylic acids is 1. The van der Waals surface area contributed by atoms with Crippen molar-refractivity contribution < 1.29 is 23.1 Å². The molecule has 0 amide bonds. The zero-order valence-electron chi connectivity index (χ0n) is 10.9. The molecule has 0 spiro atoms. The Labute approximate surface area is 120 Å². The van der Waals surface area contributed by atoms with Crippen LogP contribution in [-0.2, 0) is 23.7 Å². The Morgan fingerprint density at radius 1 is 1.48 bits per heavy atom. The predicted molar refractivity (Wildman–Crippen MR) is 70.1 cm³/mol. The number of carboxylic acid groups (broad SMARTS) is 1. The van der Waals surface area contributed by atoms with E-state index in [-0.39, 0.29) is 17.9 Å². The summed E-state index contributed by atoms with van der Waals surface area (Å²) < 4.78 is 29.8. The van der Waals surface area contributed by atoms with Crippen molar-refractivity contribution in [3.05, 3.63) is 35.7 Å². The van der Waals surface area contributed by atoms with E-state index in [1.807, 2.05) is 0 Å². The molecule has 0 saturated heterocycles. The fourth-order valence-corrected chi connectivity index (χ4v) is 2.29. The van der Waals surface area contributed by atoms with Gasteiger partial charge in [-0.1, -0.05) is 5.21 Å². The van der Waals surface area contributed by atoms with E-state index >= 15 is 0 Å². The van der Waals surface area contributed by atoms with E-state index in [0.717, 1.165) is 6.07 Å². The second-order valence-corrected chi connectivity index (χ2v) is 5.71. The third-order valence-electron chi connectivity index (χ3n) is 2.52. The minimum Gasteiger partial charge on any atom is -0.486 e. The van der Waals surface area contributed by atoms with Gasteiger partial charge in [-0.05, 0) is 18.2 Å². The third-order valence-corrected chi connectivity index (χ3v) is 3.45. The number of aryl methyl sites for hydroxylation is 1. The molecule has 0 radical (unpaired) electrons. The van der Waals surface area contributed by atoms with Crippen LogP contribution in [-0.4, -0.2) is 34.5 Å². The Balaban J connectivity index is 2.32. The fourth-order valence-electron chi connectivity index (χ4n) is 1.60. The van der Waals surface area contributed by atoms with Crippen molar-refractivity contribution >= 4 is 16.0 Å². The van der Waals surface area contributed by atoms with E-state index in [1.165, 1.54) is 16.8 Å². The number of aromatic nitrogens is 3. The smallest absolute Gasteiger partial charge is 0.335 e. The molecule has 21 heavy (non-hydrogen) atoms. The van der Waals surface area contributed by atoms with Gasteiger partial charge in [0.2, 0.25) is 10.0 Å². The fraction of sp³-hybridized carbons (Fsp3) is 0.182. The van der Waals surface area contributed by atoms with Gasteiger partial charge in [0.05, 0.1) is 11.8 Å². The molecule has 0 aliphatic carbocycles. The van der Waals surface area contributed by atoms with Gasteiger partial charge in [0.1, 0.15) is 22.9 Å². The van der Waals surface area contributed by atoms with Crippen LogP contribution in [0.3, 0.4) is 0 Å². The Morgan fingerprint density at radius 2 is 2.19 bits per heavy atom. The zero-order chi connectivity index (χ0) is 15.6. The third kappa shape index (κ3) is 3.55. The van der Waals surface area contributed by atoms with Crippen LogP contribution in [0.4, 0.5) is 0 Å². The van der Waals surface area contributed by atoms with Gasteiger partial charge in [-0.25, -0.2) is 18.4 Å². The van der Waals surface area contributed by atoms with Crippen LogP contribution >= 0.6 is 0 Å². The molecule has 1 heterocycles. The molecule has 0 saturated carbocycles. The Kier molecular flexibility index (Phi) is 3.91. The molecule has 1 aromatic heterocycles. The first kappa shape index (κ1) is 14.9. The van der Waals surface area contributed by atoms with Crippen molar-refractivity contribution in [2.45, 2.75) is 11.5 Å². The van der Waals surface area contributed by atoms with E-state index in [9.17, 15) is 13.2 Å². The van der Waals surface area contributed by atoms with Crippen LogP contribution in [0.1, 0.15) is 16.1 Å². The van der Waals surface area contributed by atoms with Crippen LogP contribution in [0.25, 0.3) is 0 Å².